The SMILES string of the molecule is COCCn1c(CN2CC3C=C(c4nccc(OCc5ccc(C#N)cc5F)n4)CC3C2)nc2ccc(C(=O)O)cc21. The van der Waals surface area contributed by atoms with E-state index in [2.05, 4.69) is 25.5 Å². The topological polar surface area (TPSA) is 126 Å². The number of nitriles is 1. The van der Waals surface area contributed by atoms with Crippen molar-refractivity contribution in [3.8, 4) is 11.9 Å². The van der Waals surface area contributed by atoms with Crippen molar-refractivity contribution in [2.24, 2.45) is 11.8 Å². The van der Waals surface area contributed by atoms with E-state index in [1.54, 1.807) is 49.7 Å². The summed E-state index contributed by atoms with van der Waals surface area (Å²) in [7, 11) is 1.65. The van der Waals surface area contributed by atoms with Crippen molar-refractivity contribution in [2.75, 3.05) is 26.8 Å². The lowest BCUT2D eigenvalue weighted by Crippen LogP contribution is -2.24. The third kappa shape index (κ3) is 5.59. The second kappa shape index (κ2) is 11.7. The molecule has 1 aliphatic heterocycles. The molecule has 2 atom stereocenters. The van der Waals surface area contributed by atoms with Gasteiger partial charge in [0.2, 0.25) is 5.88 Å². The van der Waals surface area contributed by atoms with Crippen LogP contribution in [-0.2, 0) is 24.4 Å². The monoisotopic (exact) mass is 568 g/mol. The van der Waals surface area contributed by atoms with Crippen LogP contribution in [0.5, 0.6) is 5.88 Å². The lowest BCUT2D eigenvalue weighted by Gasteiger charge is -2.17. The average Bonchev–Trinajstić information content (AvgIpc) is 3.66. The van der Waals surface area contributed by atoms with E-state index in [1.165, 1.54) is 6.07 Å². The van der Waals surface area contributed by atoms with Crippen LogP contribution in [0.3, 0.4) is 0 Å². The van der Waals surface area contributed by atoms with Crippen LogP contribution >= 0.6 is 0 Å². The Bertz CT molecular complexity index is 1730. The molecule has 0 saturated carbocycles. The van der Waals surface area contributed by atoms with E-state index < -0.39 is 11.8 Å². The molecule has 11 heteroatoms. The van der Waals surface area contributed by atoms with E-state index in [1.807, 2.05) is 6.07 Å². The molecule has 1 aliphatic carbocycles. The molecule has 0 amide bonds. The molecule has 10 nitrogen and oxygen atoms in total. The van der Waals surface area contributed by atoms with Gasteiger partial charge >= 0.3 is 5.97 Å². The van der Waals surface area contributed by atoms with Crippen LogP contribution in [0.25, 0.3) is 16.6 Å². The first-order chi connectivity index (χ1) is 20.4. The minimum absolute atomic E-state index is 0.0000263. The fourth-order valence-corrected chi connectivity index (χ4v) is 5.82. The predicted octanol–water partition coefficient (Wildman–Crippen LogP) is 4.30. The van der Waals surface area contributed by atoms with Gasteiger partial charge in [-0.05, 0) is 54.2 Å². The summed E-state index contributed by atoms with van der Waals surface area (Å²) in [5, 5.41) is 18.4. The highest BCUT2D eigenvalue weighted by molar-refractivity contribution is 5.92. The maximum Gasteiger partial charge on any atom is 0.335 e. The van der Waals surface area contributed by atoms with Crippen LogP contribution in [-0.4, -0.2) is 62.3 Å². The number of imidazole rings is 1. The number of carbonyl (C=O) groups is 1. The number of nitrogens with zero attached hydrogens (tertiary/aromatic N) is 6. The Morgan fingerprint density at radius 3 is 2.83 bits per heavy atom. The van der Waals surface area contributed by atoms with Gasteiger partial charge in [0.25, 0.3) is 0 Å². The average molecular weight is 569 g/mol. The van der Waals surface area contributed by atoms with Gasteiger partial charge < -0.3 is 19.1 Å². The molecule has 2 aromatic heterocycles. The maximum absolute atomic E-state index is 14.2. The molecule has 3 heterocycles. The lowest BCUT2D eigenvalue weighted by molar-refractivity contribution is 0.0697. The van der Waals surface area contributed by atoms with E-state index >= 15 is 0 Å². The molecule has 214 valence electrons. The molecule has 0 spiro atoms. The Labute approximate surface area is 241 Å². The number of carboxylic acids is 1. The van der Waals surface area contributed by atoms with Gasteiger partial charge in [0, 0.05) is 44.6 Å². The number of hydrogen-bond donors (Lipinski definition) is 1. The van der Waals surface area contributed by atoms with E-state index in [0.717, 1.165) is 41.9 Å². The van der Waals surface area contributed by atoms with Gasteiger partial charge in [-0.1, -0.05) is 12.1 Å². The van der Waals surface area contributed by atoms with E-state index in [4.69, 9.17) is 19.7 Å². The van der Waals surface area contributed by atoms with Gasteiger partial charge in [0.15, 0.2) is 5.82 Å². The van der Waals surface area contributed by atoms with Crippen LogP contribution in [0.4, 0.5) is 4.39 Å². The fourth-order valence-electron chi connectivity index (χ4n) is 5.82. The zero-order valence-corrected chi connectivity index (χ0v) is 23.0. The van der Waals surface area contributed by atoms with Crippen molar-refractivity contribution < 1.29 is 23.8 Å². The summed E-state index contributed by atoms with van der Waals surface area (Å²) in [5.41, 5.74) is 3.49. The van der Waals surface area contributed by atoms with Gasteiger partial charge in [0.1, 0.15) is 18.2 Å². The first-order valence-electron chi connectivity index (χ1n) is 13.7. The highest BCUT2D eigenvalue weighted by Crippen LogP contribution is 2.40. The number of hydrogen-bond acceptors (Lipinski definition) is 8. The van der Waals surface area contributed by atoms with Crippen LogP contribution in [0.15, 0.2) is 54.7 Å². The lowest BCUT2D eigenvalue weighted by atomic mass is 10.00. The minimum Gasteiger partial charge on any atom is -0.478 e. The summed E-state index contributed by atoms with van der Waals surface area (Å²) in [6.07, 6.45) is 4.74. The van der Waals surface area contributed by atoms with Gasteiger partial charge in [-0.3, -0.25) is 4.90 Å². The molecule has 2 aromatic carbocycles. The third-order valence-electron chi connectivity index (χ3n) is 7.90. The predicted molar refractivity (Wildman–Crippen MR) is 151 cm³/mol. The Morgan fingerprint density at radius 1 is 1.19 bits per heavy atom. The van der Waals surface area contributed by atoms with Crippen molar-refractivity contribution in [3.05, 3.63) is 88.9 Å². The molecule has 1 N–H and O–H groups in total. The number of aromatic carboxylic acids is 1. The quantitative estimate of drug-likeness (QED) is 0.298. The normalized spacial score (nSPS) is 18.2. The second-order valence-corrected chi connectivity index (χ2v) is 10.6. The van der Waals surface area contributed by atoms with Gasteiger partial charge in [-0.25, -0.2) is 19.2 Å². The molecule has 0 radical (unpaired) electrons. The van der Waals surface area contributed by atoms with Crippen molar-refractivity contribution in [2.45, 2.75) is 26.1 Å². The molecule has 2 unspecified atom stereocenters. The van der Waals surface area contributed by atoms with Crippen LogP contribution in [0, 0.1) is 29.0 Å². The number of fused-ring (bicyclic) bond motifs is 2. The second-order valence-electron chi connectivity index (χ2n) is 10.6. The number of likely N-dealkylation sites (tertiary alicyclic amines) is 1. The molecule has 4 aromatic rings. The first-order valence-corrected chi connectivity index (χ1v) is 13.7. The number of carboxylic acid groups (broad SMARTS) is 1. The Kier molecular flexibility index (Phi) is 7.65. The molecule has 1 fully saturated rings. The molecule has 0 bridgehead atoms. The number of methoxy groups -OCH3 is 1. The number of benzene rings is 2. The van der Waals surface area contributed by atoms with Crippen molar-refractivity contribution in [1.82, 2.24) is 24.4 Å². The summed E-state index contributed by atoms with van der Waals surface area (Å²) in [4.78, 5) is 27.8. The van der Waals surface area contributed by atoms with Crippen molar-refractivity contribution >= 4 is 22.6 Å². The van der Waals surface area contributed by atoms with Crippen molar-refractivity contribution in [3.63, 3.8) is 0 Å². The Hall–Kier alpha value is -4.66. The summed E-state index contributed by atoms with van der Waals surface area (Å²) < 4.78 is 27.3. The largest absolute Gasteiger partial charge is 0.478 e. The van der Waals surface area contributed by atoms with Gasteiger partial charge in [-0.2, -0.15) is 10.2 Å². The van der Waals surface area contributed by atoms with Crippen molar-refractivity contribution in [1.29, 1.82) is 5.26 Å². The maximum atomic E-state index is 14.2. The Morgan fingerprint density at radius 2 is 2.07 bits per heavy atom. The van der Waals surface area contributed by atoms with E-state index in [-0.39, 0.29) is 17.7 Å². The number of rotatable bonds is 10. The Balaban J connectivity index is 1.13. The third-order valence-corrected chi connectivity index (χ3v) is 7.90. The zero-order valence-electron chi connectivity index (χ0n) is 23.0. The van der Waals surface area contributed by atoms with Crippen LogP contribution in [0.1, 0.15) is 39.6 Å². The fraction of sp³-hybridized carbons (Fsp3) is 0.323. The summed E-state index contributed by atoms with van der Waals surface area (Å²) >= 11 is 0. The first kappa shape index (κ1) is 27.5. The summed E-state index contributed by atoms with van der Waals surface area (Å²) in [6.45, 7) is 3.51. The standard InChI is InChI=1S/C31H29FN6O4/c1-41-9-8-38-27-13-20(31(39)40)4-5-26(27)35-28(38)17-37-15-23-11-22(12-24(23)16-37)30-34-7-6-29(36-30)42-18-21-3-2-19(14-33)10-25(21)32/h2-7,10-11,13,23-24H,8-9,12,15-18H2,1H3,(H,39,40). The van der Waals surface area contributed by atoms with E-state index in [9.17, 15) is 14.3 Å². The van der Waals surface area contributed by atoms with E-state index in [0.29, 0.717) is 48.8 Å². The highest BCUT2D eigenvalue weighted by Gasteiger charge is 2.37. The number of halogens is 1. The number of ether oxygens (including phenoxy) is 2. The molecule has 1 saturated heterocycles. The summed E-state index contributed by atoms with van der Waals surface area (Å²) in [6, 6.07) is 12.9. The van der Waals surface area contributed by atoms with Gasteiger partial charge in [-0.15, -0.1) is 0 Å². The zero-order chi connectivity index (χ0) is 29.2. The molecular weight excluding hydrogens is 539 g/mol. The van der Waals surface area contributed by atoms with Gasteiger partial charge in [0.05, 0.1) is 41.4 Å². The smallest absolute Gasteiger partial charge is 0.335 e. The highest BCUT2D eigenvalue weighted by atomic mass is 19.1. The number of allylic oxidation sites excluding steroid dienone is 1. The minimum atomic E-state index is -0.964. The summed E-state index contributed by atoms with van der Waals surface area (Å²) in [5.74, 6) is 1.20. The van der Waals surface area contributed by atoms with Crippen LogP contribution in [0.2, 0.25) is 0 Å². The molecular formula is C31H29FN6O4. The molecule has 42 heavy (non-hydrogen) atoms. The number of aromatic nitrogens is 4. The molecule has 2 aliphatic rings. The molecule has 6 rings (SSSR count). The van der Waals surface area contributed by atoms with Crippen LogP contribution < -0.4 is 4.74 Å².